The summed E-state index contributed by atoms with van der Waals surface area (Å²) in [6.07, 6.45) is -0.387. The highest BCUT2D eigenvalue weighted by atomic mass is 16.6. The van der Waals surface area contributed by atoms with Crippen molar-refractivity contribution >= 4 is 28.7 Å². The molecule has 0 radical (unpaired) electrons. The first-order valence-electron chi connectivity index (χ1n) is 11.3. The van der Waals surface area contributed by atoms with Crippen molar-refractivity contribution in [3.8, 4) is 11.1 Å². The third kappa shape index (κ3) is 5.01. The van der Waals surface area contributed by atoms with E-state index in [2.05, 4.69) is 29.5 Å². The first-order valence-corrected chi connectivity index (χ1v) is 11.3. The van der Waals surface area contributed by atoms with Crippen molar-refractivity contribution in [2.45, 2.75) is 46.6 Å². The maximum atomic E-state index is 13.0. The van der Waals surface area contributed by atoms with Gasteiger partial charge in [-0.1, -0.05) is 54.6 Å². The molecule has 34 heavy (non-hydrogen) atoms. The lowest BCUT2D eigenvalue weighted by Gasteiger charge is -2.19. The Kier molecular flexibility index (Phi) is 6.24. The van der Waals surface area contributed by atoms with Crippen molar-refractivity contribution < 1.29 is 14.3 Å². The quantitative estimate of drug-likeness (QED) is 0.393. The topological polar surface area (TPSA) is 73.2 Å². The number of benzene rings is 3. The molecule has 6 nitrogen and oxygen atoms in total. The smallest absolute Gasteiger partial charge is 0.435 e. The van der Waals surface area contributed by atoms with Gasteiger partial charge in [0.25, 0.3) is 0 Å². The number of nitrogens with zero attached hydrogens (tertiary/aromatic N) is 2. The number of fused-ring (bicyclic) bond motifs is 1. The summed E-state index contributed by atoms with van der Waals surface area (Å²) >= 11 is 0. The fraction of sp³-hybridized carbons (Fsp3) is 0.250. The van der Waals surface area contributed by atoms with Crippen molar-refractivity contribution in [3.63, 3.8) is 0 Å². The predicted molar refractivity (Wildman–Crippen MR) is 135 cm³/mol. The molecule has 0 bridgehead atoms. The lowest BCUT2D eigenvalue weighted by Crippen LogP contribution is -2.27. The van der Waals surface area contributed by atoms with Gasteiger partial charge >= 0.3 is 6.09 Å². The minimum Gasteiger partial charge on any atom is -0.442 e. The van der Waals surface area contributed by atoms with Crippen molar-refractivity contribution in [2.75, 3.05) is 5.32 Å². The molecule has 1 amide bonds. The van der Waals surface area contributed by atoms with E-state index in [1.54, 1.807) is 20.8 Å². The van der Waals surface area contributed by atoms with Crippen LogP contribution < -0.4 is 5.32 Å². The maximum Gasteiger partial charge on any atom is 0.435 e. The van der Waals surface area contributed by atoms with Crippen LogP contribution in [0.2, 0.25) is 0 Å². The van der Waals surface area contributed by atoms with Crippen LogP contribution in [0.25, 0.3) is 22.0 Å². The molecule has 4 rings (SSSR count). The number of carbonyl (C=O) groups excluding carboxylic acids is 2. The molecule has 3 aromatic carbocycles. The van der Waals surface area contributed by atoms with Gasteiger partial charge in [-0.2, -0.15) is 4.68 Å². The summed E-state index contributed by atoms with van der Waals surface area (Å²) in [4.78, 5) is 25.8. The fourth-order valence-electron chi connectivity index (χ4n) is 3.92. The molecule has 1 heterocycles. The van der Waals surface area contributed by atoms with Gasteiger partial charge in [0.05, 0.1) is 11.9 Å². The number of amides is 1. The average Bonchev–Trinajstić information content (AvgIpc) is 3.10. The Balaban J connectivity index is 1.80. The summed E-state index contributed by atoms with van der Waals surface area (Å²) in [6.45, 7) is 9.48. The van der Waals surface area contributed by atoms with Gasteiger partial charge < -0.3 is 10.1 Å². The van der Waals surface area contributed by atoms with E-state index < -0.39 is 11.7 Å². The van der Waals surface area contributed by atoms with Crippen LogP contribution in [0.5, 0.6) is 0 Å². The lowest BCUT2D eigenvalue weighted by atomic mass is 9.95. The third-order valence-electron chi connectivity index (χ3n) is 5.49. The summed E-state index contributed by atoms with van der Waals surface area (Å²) in [6, 6.07) is 21.5. The molecule has 0 fully saturated rings. The highest BCUT2D eigenvalue weighted by Gasteiger charge is 2.24. The number of rotatable bonds is 4. The fourth-order valence-corrected chi connectivity index (χ4v) is 3.92. The van der Waals surface area contributed by atoms with Crippen LogP contribution in [-0.4, -0.2) is 27.4 Å². The van der Waals surface area contributed by atoms with Crippen LogP contribution in [0.3, 0.4) is 0 Å². The van der Waals surface area contributed by atoms with Gasteiger partial charge in [-0.15, -0.1) is 5.10 Å². The van der Waals surface area contributed by atoms with Gasteiger partial charge in [-0.3, -0.25) is 4.79 Å². The number of nitrogens with one attached hydrogen (secondary N) is 1. The largest absolute Gasteiger partial charge is 0.442 e. The lowest BCUT2D eigenvalue weighted by molar-refractivity contribution is -0.115. The summed E-state index contributed by atoms with van der Waals surface area (Å²) < 4.78 is 6.80. The number of aryl methyl sites for hydroxylation is 2. The molecule has 4 aromatic rings. The van der Waals surface area contributed by atoms with Crippen LogP contribution in [0.1, 0.15) is 37.5 Å². The van der Waals surface area contributed by atoms with E-state index in [1.807, 2.05) is 61.5 Å². The number of ether oxygens (including phenoxy) is 1. The Hall–Kier alpha value is -3.93. The van der Waals surface area contributed by atoms with E-state index in [0.717, 1.165) is 27.8 Å². The number of hydrogen-bond donors (Lipinski definition) is 1. The standard InChI is InChI=1S/C28H29N3O3/c1-18-11-9-10-14-21(18)22-17-23-24(15-19(22)2)31(27(33)34-28(3,4)5)30-26(23)29-25(32)16-20-12-7-6-8-13-20/h6-15,17H,16H2,1-5H3,(H,29,30,32). The molecule has 0 aliphatic rings. The minimum atomic E-state index is -0.678. The van der Waals surface area contributed by atoms with Gasteiger partial charge in [0.1, 0.15) is 5.60 Å². The molecule has 0 unspecified atom stereocenters. The molecule has 0 saturated heterocycles. The van der Waals surface area contributed by atoms with E-state index in [0.29, 0.717) is 16.7 Å². The Morgan fingerprint density at radius 3 is 2.26 bits per heavy atom. The Labute approximate surface area is 199 Å². The second-order valence-electron chi connectivity index (χ2n) is 9.45. The molecule has 1 aromatic heterocycles. The molecule has 0 saturated carbocycles. The molecule has 0 atom stereocenters. The highest BCUT2D eigenvalue weighted by molar-refractivity contribution is 6.04. The summed E-state index contributed by atoms with van der Waals surface area (Å²) in [7, 11) is 0. The van der Waals surface area contributed by atoms with Gasteiger partial charge in [-0.25, -0.2) is 4.79 Å². The zero-order valence-electron chi connectivity index (χ0n) is 20.2. The Bertz CT molecular complexity index is 1370. The van der Waals surface area contributed by atoms with E-state index in [4.69, 9.17) is 4.74 Å². The van der Waals surface area contributed by atoms with E-state index in [9.17, 15) is 9.59 Å². The maximum absolute atomic E-state index is 13.0. The Morgan fingerprint density at radius 1 is 0.912 bits per heavy atom. The first-order chi connectivity index (χ1) is 16.1. The van der Waals surface area contributed by atoms with Gasteiger partial charge in [0.2, 0.25) is 5.91 Å². The summed E-state index contributed by atoms with van der Waals surface area (Å²) in [5.41, 5.74) is 5.04. The van der Waals surface area contributed by atoms with Crippen LogP contribution >= 0.6 is 0 Å². The second-order valence-corrected chi connectivity index (χ2v) is 9.45. The highest BCUT2D eigenvalue weighted by Crippen LogP contribution is 2.34. The molecule has 6 heteroatoms. The summed E-state index contributed by atoms with van der Waals surface area (Å²) in [5, 5.41) is 8.05. The summed E-state index contributed by atoms with van der Waals surface area (Å²) in [5.74, 6) is 0.122. The van der Waals surface area contributed by atoms with Crippen molar-refractivity contribution in [3.05, 3.63) is 83.4 Å². The van der Waals surface area contributed by atoms with Crippen LogP contribution in [0, 0.1) is 13.8 Å². The SMILES string of the molecule is Cc1ccccc1-c1cc2c(NC(=O)Cc3ccccc3)nn(C(=O)OC(C)(C)C)c2cc1C. The van der Waals surface area contributed by atoms with E-state index in [1.165, 1.54) is 4.68 Å². The molecular weight excluding hydrogens is 426 g/mol. The van der Waals surface area contributed by atoms with E-state index in [-0.39, 0.29) is 12.3 Å². The van der Waals surface area contributed by atoms with Gasteiger partial charge in [0.15, 0.2) is 5.82 Å². The average molecular weight is 456 g/mol. The first kappa shape index (κ1) is 23.2. The van der Waals surface area contributed by atoms with Gasteiger partial charge in [0, 0.05) is 5.39 Å². The molecule has 1 N–H and O–H groups in total. The number of anilines is 1. The Morgan fingerprint density at radius 2 is 1.59 bits per heavy atom. The van der Waals surface area contributed by atoms with Crippen LogP contribution in [-0.2, 0) is 16.0 Å². The zero-order valence-corrected chi connectivity index (χ0v) is 20.2. The molecular formula is C28H29N3O3. The van der Waals surface area contributed by atoms with Crippen LogP contribution in [0.4, 0.5) is 10.6 Å². The third-order valence-corrected chi connectivity index (χ3v) is 5.49. The minimum absolute atomic E-state index is 0.206. The molecule has 0 spiro atoms. The van der Waals surface area contributed by atoms with Crippen molar-refractivity contribution in [1.82, 2.24) is 9.78 Å². The number of aromatic nitrogens is 2. The van der Waals surface area contributed by atoms with Crippen LogP contribution in [0.15, 0.2) is 66.7 Å². The van der Waals surface area contributed by atoms with Gasteiger partial charge in [-0.05, 0) is 74.6 Å². The molecule has 174 valence electrons. The molecule has 0 aliphatic heterocycles. The number of carbonyl (C=O) groups is 2. The number of hydrogen-bond acceptors (Lipinski definition) is 4. The van der Waals surface area contributed by atoms with Crippen molar-refractivity contribution in [1.29, 1.82) is 0 Å². The zero-order chi connectivity index (χ0) is 24.5. The normalized spacial score (nSPS) is 11.4. The second kappa shape index (κ2) is 9.14. The molecule has 0 aliphatic carbocycles. The van der Waals surface area contributed by atoms with E-state index >= 15 is 0 Å². The monoisotopic (exact) mass is 455 g/mol. The van der Waals surface area contributed by atoms with Crippen molar-refractivity contribution in [2.24, 2.45) is 0 Å². The predicted octanol–water partition coefficient (Wildman–Crippen LogP) is 6.28.